The Morgan fingerprint density at radius 3 is 1.67 bits per heavy atom. The molecule has 0 aliphatic carbocycles. The third kappa shape index (κ3) is 32.6. The molecule has 0 amide bonds. The van der Waals surface area contributed by atoms with Crippen LogP contribution in [0.15, 0.2) is 0 Å². The van der Waals surface area contributed by atoms with Gasteiger partial charge >= 0.3 is 0 Å². The summed E-state index contributed by atoms with van der Waals surface area (Å²) >= 11 is 0. The molecule has 0 aromatic rings. The van der Waals surface area contributed by atoms with Gasteiger partial charge in [0.15, 0.2) is 0 Å². The minimum absolute atomic E-state index is 0.827. The second-order valence-electron chi connectivity index (χ2n) is 2.00. The number of nitrogens with zero attached hydrogens (tertiary/aromatic N) is 1. The molecule has 0 unspecified atom stereocenters. The van der Waals surface area contributed by atoms with Crippen molar-refractivity contribution in [3.05, 3.63) is 0 Å². The van der Waals surface area contributed by atoms with Crippen LogP contribution in [0, 0.1) is 0 Å². The molecule has 0 aromatic carbocycles. The van der Waals surface area contributed by atoms with Crippen LogP contribution >= 0.6 is 0 Å². The Labute approximate surface area is 78.9 Å². The highest BCUT2D eigenvalue weighted by Crippen LogP contribution is 1.75. The third-order valence-corrected chi connectivity index (χ3v) is 0.887. The lowest BCUT2D eigenvalue weighted by Gasteiger charge is -2.07. The fourth-order valence-corrected chi connectivity index (χ4v) is 0.391. The first-order valence-electron chi connectivity index (χ1n) is 5.00. The largest absolute Gasteiger partial charge is 0.380 e. The zero-order valence-electron chi connectivity index (χ0n) is 9.98. The summed E-state index contributed by atoms with van der Waals surface area (Å²) < 4.78 is 5.10. The van der Waals surface area contributed by atoms with Crippen molar-refractivity contribution in [3.8, 4) is 0 Å². The second-order valence-corrected chi connectivity index (χ2v) is 2.00. The van der Waals surface area contributed by atoms with Crippen LogP contribution in [0.25, 0.3) is 0 Å². The molecule has 0 rings (SSSR count). The number of likely N-dealkylation sites (N-methyl/N-ethyl adjacent to an activating group) is 1. The Morgan fingerprint density at radius 2 is 1.42 bits per heavy atom. The molecule has 0 atom stereocenters. The van der Waals surface area contributed by atoms with Gasteiger partial charge in [-0.25, -0.2) is 0 Å². The summed E-state index contributed by atoms with van der Waals surface area (Å²) in [6.07, 6.45) is 0. The van der Waals surface area contributed by atoms with Gasteiger partial charge in [0.1, 0.15) is 0 Å². The van der Waals surface area contributed by atoms with Crippen molar-refractivity contribution < 1.29 is 4.74 Å². The molecule has 0 spiro atoms. The first-order chi connectivity index (χ1) is 5.77. The molecule has 0 saturated carbocycles. The van der Waals surface area contributed by atoms with Crippen LogP contribution in [0.2, 0.25) is 0 Å². The molecule has 0 saturated heterocycles. The molecule has 0 N–H and O–H groups in total. The standard InChI is InChI=1S/C6H15NO.2C2H6/c1-4-8-6-5-7(2)3;2*1-2/h4-6H2,1-3H3;2*1-2H3. The quantitative estimate of drug-likeness (QED) is 0.612. The van der Waals surface area contributed by atoms with Gasteiger partial charge in [0.2, 0.25) is 0 Å². The van der Waals surface area contributed by atoms with Gasteiger partial charge in [-0.05, 0) is 21.0 Å². The van der Waals surface area contributed by atoms with E-state index in [1.807, 2.05) is 48.7 Å². The summed E-state index contributed by atoms with van der Waals surface area (Å²) in [5, 5.41) is 0. The van der Waals surface area contributed by atoms with Crippen LogP contribution in [0.1, 0.15) is 34.6 Å². The highest BCUT2D eigenvalue weighted by Gasteiger charge is 1.85. The zero-order chi connectivity index (χ0) is 10.4. The maximum absolute atomic E-state index is 5.10. The molecule has 2 heteroatoms. The highest BCUT2D eigenvalue weighted by molar-refractivity contribution is 4.37. The van der Waals surface area contributed by atoms with Crippen LogP contribution < -0.4 is 0 Å². The molecule has 0 bridgehead atoms. The Morgan fingerprint density at radius 1 is 1.00 bits per heavy atom. The fourth-order valence-electron chi connectivity index (χ4n) is 0.391. The number of hydrogen-bond acceptors (Lipinski definition) is 2. The zero-order valence-corrected chi connectivity index (χ0v) is 9.98. The van der Waals surface area contributed by atoms with Gasteiger partial charge in [-0.3, -0.25) is 0 Å². The van der Waals surface area contributed by atoms with Crippen LogP contribution in [-0.4, -0.2) is 38.8 Å². The van der Waals surface area contributed by atoms with Crippen molar-refractivity contribution in [2.45, 2.75) is 34.6 Å². The van der Waals surface area contributed by atoms with Gasteiger partial charge in [-0.1, -0.05) is 27.7 Å². The molecule has 2 nitrogen and oxygen atoms in total. The average molecular weight is 177 g/mol. The fraction of sp³-hybridized carbons (Fsp3) is 1.00. The van der Waals surface area contributed by atoms with Crippen molar-refractivity contribution in [1.82, 2.24) is 4.90 Å². The Hall–Kier alpha value is -0.0800. The molecule has 0 radical (unpaired) electrons. The van der Waals surface area contributed by atoms with Crippen LogP contribution in [0.5, 0.6) is 0 Å². The van der Waals surface area contributed by atoms with E-state index < -0.39 is 0 Å². The monoisotopic (exact) mass is 177 g/mol. The average Bonchev–Trinajstić information content (AvgIpc) is 2.12. The summed E-state index contributed by atoms with van der Waals surface area (Å²) in [6.45, 7) is 12.7. The van der Waals surface area contributed by atoms with Gasteiger partial charge in [-0.2, -0.15) is 0 Å². The van der Waals surface area contributed by atoms with Crippen LogP contribution in [0.3, 0.4) is 0 Å². The van der Waals surface area contributed by atoms with E-state index >= 15 is 0 Å². The maximum atomic E-state index is 5.10. The van der Waals surface area contributed by atoms with E-state index in [2.05, 4.69) is 4.90 Å². The van der Waals surface area contributed by atoms with Gasteiger partial charge in [0, 0.05) is 13.2 Å². The van der Waals surface area contributed by atoms with Crippen molar-refractivity contribution in [2.24, 2.45) is 0 Å². The normalized spacial score (nSPS) is 8.00. The van der Waals surface area contributed by atoms with E-state index in [4.69, 9.17) is 4.74 Å². The molecule has 12 heavy (non-hydrogen) atoms. The predicted molar refractivity (Wildman–Crippen MR) is 57.7 cm³/mol. The minimum Gasteiger partial charge on any atom is -0.380 e. The maximum Gasteiger partial charge on any atom is 0.0593 e. The van der Waals surface area contributed by atoms with Crippen molar-refractivity contribution in [2.75, 3.05) is 33.9 Å². The Balaban J connectivity index is -0.000000175. The molecule has 0 fully saturated rings. The molecular formula is C10H27NO. The van der Waals surface area contributed by atoms with Crippen LogP contribution in [0.4, 0.5) is 0 Å². The third-order valence-electron chi connectivity index (χ3n) is 0.887. The van der Waals surface area contributed by atoms with Gasteiger partial charge < -0.3 is 9.64 Å². The van der Waals surface area contributed by atoms with E-state index in [0.717, 1.165) is 19.8 Å². The summed E-state index contributed by atoms with van der Waals surface area (Å²) in [6, 6.07) is 0. The van der Waals surface area contributed by atoms with Crippen molar-refractivity contribution >= 4 is 0 Å². The van der Waals surface area contributed by atoms with E-state index in [-0.39, 0.29) is 0 Å². The Kier molecular flexibility index (Phi) is 33.4. The predicted octanol–water partition coefficient (Wildman–Crippen LogP) is 2.64. The lowest BCUT2D eigenvalue weighted by Crippen LogP contribution is -2.17. The summed E-state index contributed by atoms with van der Waals surface area (Å²) in [5.41, 5.74) is 0. The molecule has 0 aromatic heterocycles. The van der Waals surface area contributed by atoms with Gasteiger partial charge in [0.25, 0.3) is 0 Å². The lowest BCUT2D eigenvalue weighted by atomic mass is 10.6. The SMILES string of the molecule is CC.CC.CCOCCN(C)C. The summed E-state index contributed by atoms with van der Waals surface area (Å²) in [4.78, 5) is 2.11. The van der Waals surface area contributed by atoms with Gasteiger partial charge in [-0.15, -0.1) is 0 Å². The molecule has 78 valence electrons. The molecule has 0 aliphatic rings. The second kappa shape index (κ2) is 22.4. The van der Waals surface area contributed by atoms with E-state index in [0.29, 0.717) is 0 Å². The number of rotatable bonds is 4. The first-order valence-corrected chi connectivity index (χ1v) is 5.00. The lowest BCUT2D eigenvalue weighted by molar-refractivity contribution is 0.129. The summed E-state index contributed by atoms with van der Waals surface area (Å²) in [7, 11) is 4.08. The van der Waals surface area contributed by atoms with Crippen molar-refractivity contribution in [3.63, 3.8) is 0 Å². The first kappa shape index (κ1) is 17.9. The number of ether oxygens (including phenoxy) is 1. The molecule has 0 aliphatic heterocycles. The van der Waals surface area contributed by atoms with Gasteiger partial charge in [0.05, 0.1) is 6.61 Å². The molecule has 0 heterocycles. The highest BCUT2D eigenvalue weighted by atomic mass is 16.5. The van der Waals surface area contributed by atoms with Crippen molar-refractivity contribution in [1.29, 1.82) is 0 Å². The van der Waals surface area contributed by atoms with E-state index in [1.165, 1.54) is 0 Å². The summed E-state index contributed by atoms with van der Waals surface area (Å²) in [5.74, 6) is 0. The smallest absolute Gasteiger partial charge is 0.0593 e. The Bertz CT molecular complexity index is 47.1. The van der Waals surface area contributed by atoms with Crippen LogP contribution in [-0.2, 0) is 4.74 Å². The topological polar surface area (TPSA) is 12.5 Å². The van der Waals surface area contributed by atoms with E-state index in [1.54, 1.807) is 0 Å². The van der Waals surface area contributed by atoms with E-state index in [9.17, 15) is 0 Å². The number of hydrogen-bond donors (Lipinski definition) is 0. The molecular weight excluding hydrogens is 150 g/mol. The minimum atomic E-state index is 0.827.